The zero-order chi connectivity index (χ0) is 18.4. The number of aromatic nitrogens is 2. The minimum Gasteiger partial charge on any atom is -0.340 e. The van der Waals surface area contributed by atoms with Gasteiger partial charge in [0.1, 0.15) is 5.82 Å². The highest BCUT2D eigenvalue weighted by Gasteiger charge is 2.37. The first-order valence-electron chi connectivity index (χ1n) is 8.41. The Morgan fingerprint density at radius 2 is 1.77 bits per heavy atom. The van der Waals surface area contributed by atoms with Crippen LogP contribution in [0.15, 0.2) is 53.0 Å². The summed E-state index contributed by atoms with van der Waals surface area (Å²) in [5, 5.41) is 7.59. The number of fused-ring (bicyclic) bond motifs is 1. The lowest BCUT2D eigenvalue weighted by atomic mass is 9.95. The molecule has 4 rings (SSSR count). The number of nitrogens with zero attached hydrogens (tertiary/aromatic N) is 2. The summed E-state index contributed by atoms with van der Waals surface area (Å²) in [7, 11) is 0. The van der Waals surface area contributed by atoms with E-state index in [-0.39, 0.29) is 23.7 Å². The molecule has 1 aliphatic rings. The number of rotatable bonds is 3. The number of amides is 1. The van der Waals surface area contributed by atoms with Crippen LogP contribution in [0.5, 0.6) is 0 Å². The van der Waals surface area contributed by atoms with Gasteiger partial charge in [0.2, 0.25) is 0 Å². The largest absolute Gasteiger partial charge is 0.340 e. The van der Waals surface area contributed by atoms with E-state index in [4.69, 9.17) is 0 Å². The standard InChI is InChI=1S/C20H17BrFN3O/c1-11(2)19-16-17(12-3-5-13(21)6-4-12)23-20(26)18(16)24-25(19)15-9-7-14(22)8-10-15/h3-11,17H,1-2H3,(H,23,26). The minimum atomic E-state index is -0.301. The smallest absolute Gasteiger partial charge is 0.272 e. The fourth-order valence-corrected chi connectivity index (χ4v) is 3.67. The van der Waals surface area contributed by atoms with Crippen LogP contribution in [0, 0.1) is 5.82 Å². The Morgan fingerprint density at radius 1 is 1.12 bits per heavy atom. The third kappa shape index (κ3) is 2.74. The maximum atomic E-state index is 13.3. The van der Waals surface area contributed by atoms with Gasteiger partial charge in [0.05, 0.1) is 17.4 Å². The Kier molecular flexibility index (Phi) is 4.15. The Balaban J connectivity index is 1.90. The average molecular weight is 414 g/mol. The zero-order valence-corrected chi connectivity index (χ0v) is 15.9. The molecule has 1 aromatic heterocycles. The molecule has 0 saturated heterocycles. The SMILES string of the molecule is CC(C)c1c2c(nn1-c1ccc(F)cc1)C(=O)NC2c1ccc(Br)cc1. The van der Waals surface area contributed by atoms with Gasteiger partial charge < -0.3 is 5.32 Å². The highest BCUT2D eigenvalue weighted by molar-refractivity contribution is 9.10. The number of hydrogen-bond donors (Lipinski definition) is 1. The molecule has 0 bridgehead atoms. The lowest BCUT2D eigenvalue weighted by Gasteiger charge is -2.18. The molecule has 1 aliphatic heterocycles. The summed E-state index contributed by atoms with van der Waals surface area (Å²) in [6.07, 6.45) is 0. The molecule has 0 spiro atoms. The molecule has 1 atom stereocenters. The molecular weight excluding hydrogens is 397 g/mol. The first-order chi connectivity index (χ1) is 12.5. The predicted octanol–water partition coefficient (Wildman–Crippen LogP) is 4.73. The summed E-state index contributed by atoms with van der Waals surface area (Å²) >= 11 is 3.44. The first-order valence-corrected chi connectivity index (χ1v) is 9.20. The lowest BCUT2D eigenvalue weighted by Crippen LogP contribution is -2.22. The number of nitrogens with one attached hydrogen (secondary N) is 1. The number of benzene rings is 2. The van der Waals surface area contributed by atoms with Crippen molar-refractivity contribution in [2.24, 2.45) is 0 Å². The molecule has 3 aromatic rings. The van der Waals surface area contributed by atoms with Crippen LogP contribution >= 0.6 is 15.9 Å². The van der Waals surface area contributed by atoms with Crippen LogP contribution in [0.2, 0.25) is 0 Å². The lowest BCUT2D eigenvalue weighted by molar-refractivity contribution is 0.0955. The van der Waals surface area contributed by atoms with Gasteiger partial charge in [-0.25, -0.2) is 9.07 Å². The normalized spacial score (nSPS) is 16.0. The van der Waals surface area contributed by atoms with Crippen LogP contribution < -0.4 is 5.32 Å². The van der Waals surface area contributed by atoms with Gasteiger partial charge in [-0.1, -0.05) is 41.9 Å². The van der Waals surface area contributed by atoms with E-state index in [0.29, 0.717) is 5.69 Å². The third-order valence-corrected chi connectivity index (χ3v) is 5.09. The van der Waals surface area contributed by atoms with Gasteiger partial charge in [-0.2, -0.15) is 5.10 Å². The van der Waals surface area contributed by atoms with Crippen molar-refractivity contribution in [2.45, 2.75) is 25.8 Å². The van der Waals surface area contributed by atoms with Gasteiger partial charge >= 0.3 is 0 Å². The van der Waals surface area contributed by atoms with Crippen LogP contribution in [0.3, 0.4) is 0 Å². The van der Waals surface area contributed by atoms with Crippen molar-refractivity contribution in [1.29, 1.82) is 0 Å². The molecule has 0 aliphatic carbocycles. The van der Waals surface area contributed by atoms with Crippen molar-refractivity contribution >= 4 is 21.8 Å². The van der Waals surface area contributed by atoms with Crippen LogP contribution in [0.25, 0.3) is 5.69 Å². The quantitative estimate of drug-likeness (QED) is 0.674. The number of carbonyl (C=O) groups excluding carboxylic acids is 1. The zero-order valence-electron chi connectivity index (χ0n) is 14.3. The monoisotopic (exact) mass is 413 g/mol. The van der Waals surface area contributed by atoms with Crippen LogP contribution in [-0.4, -0.2) is 15.7 Å². The van der Waals surface area contributed by atoms with Gasteiger partial charge in [0.15, 0.2) is 5.69 Å². The first kappa shape index (κ1) is 17.0. The molecule has 0 radical (unpaired) electrons. The topological polar surface area (TPSA) is 46.9 Å². The molecule has 4 nitrogen and oxygen atoms in total. The Morgan fingerprint density at radius 3 is 2.38 bits per heavy atom. The highest BCUT2D eigenvalue weighted by Crippen LogP contribution is 2.38. The summed E-state index contributed by atoms with van der Waals surface area (Å²) in [6.45, 7) is 4.14. The van der Waals surface area contributed by atoms with Crippen molar-refractivity contribution in [3.8, 4) is 5.69 Å². The maximum absolute atomic E-state index is 13.3. The average Bonchev–Trinajstić information content (AvgIpc) is 3.15. The number of hydrogen-bond acceptors (Lipinski definition) is 2. The predicted molar refractivity (Wildman–Crippen MR) is 101 cm³/mol. The van der Waals surface area contributed by atoms with E-state index in [9.17, 15) is 9.18 Å². The van der Waals surface area contributed by atoms with Gasteiger partial charge in [-0.3, -0.25) is 4.79 Å². The summed E-state index contributed by atoms with van der Waals surface area (Å²) in [5.41, 5.74) is 4.04. The van der Waals surface area contributed by atoms with E-state index in [2.05, 4.69) is 40.2 Å². The van der Waals surface area contributed by atoms with E-state index < -0.39 is 0 Å². The molecule has 0 saturated carbocycles. The molecule has 132 valence electrons. The molecule has 1 N–H and O–H groups in total. The van der Waals surface area contributed by atoms with Crippen molar-refractivity contribution in [2.75, 3.05) is 0 Å². The van der Waals surface area contributed by atoms with E-state index >= 15 is 0 Å². The summed E-state index contributed by atoms with van der Waals surface area (Å²) in [6, 6.07) is 13.8. The number of halogens is 2. The highest BCUT2D eigenvalue weighted by atomic mass is 79.9. The molecule has 26 heavy (non-hydrogen) atoms. The van der Waals surface area contributed by atoms with E-state index in [1.807, 2.05) is 24.3 Å². The fraction of sp³-hybridized carbons (Fsp3) is 0.200. The van der Waals surface area contributed by atoms with E-state index in [0.717, 1.165) is 27.0 Å². The van der Waals surface area contributed by atoms with E-state index in [1.165, 1.54) is 12.1 Å². The Labute approximate surface area is 159 Å². The van der Waals surface area contributed by atoms with Crippen molar-refractivity contribution < 1.29 is 9.18 Å². The summed E-state index contributed by atoms with van der Waals surface area (Å²) < 4.78 is 16.1. The second-order valence-electron chi connectivity index (χ2n) is 6.65. The maximum Gasteiger partial charge on any atom is 0.272 e. The van der Waals surface area contributed by atoms with Crippen LogP contribution in [-0.2, 0) is 0 Å². The molecule has 0 fully saturated rings. The third-order valence-electron chi connectivity index (χ3n) is 4.56. The Bertz CT molecular complexity index is 978. The fourth-order valence-electron chi connectivity index (χ4n) is 3.41. The molecule has 2 heterocycles. The van der Waals surface area contributed by atoms with Gasteiger partial charge in [-0.05, 0) is 47.9 Å². The van der Waals surface area contributed by atoms with Crippen molar-refractivity contribution in [1.82, 2.24) is 15.1 Å². The summed E-state index contributed by atoms with van der Waals surface area (Å²) in [5.74, 6) is -0.345. The molecule has 1 amide bonds. The molecule has 6 heteroatoms. The van der Waals surface area contributed by atoms with E-state index in [1.54, 1.807) is 16.8 Å². The minimum absolute atomic E-state index is 0.141. The van der Waals surface area contributed by atoms with Gasteiger partial charge in [0, 0.05) is 10.0 Å². The van der Waals surface area contributed by atoms with Crippen molar-refractivity contribution in [3.05, 3.63) is 81.3 Å². The summed E-state index contributed by atoms with van der Waals surface area (Å²) in [4.78, 5) is 12.5. The van der Waals surface area contributed by atoms with Crippen LogP contribution in [0.4, 0.5) is 4.39 Å². The molecular formula is C20H17BrFN3O. The van der Waals surface area contributed by atoms with Gasteiger partial charge in [0.25, 0.3) is 5.91 Å². The molecule has 2 aromatic carbocycles. The second kappa shape index (κ2) is 6.36. The second-order valence-corrected chi connectivity index (χ2v) is 7.56. The molecule has 1 unspecified atom stereocenters. The van der Waals surface area contributed by atoms with Crippen molar-refractivity contribution in [3.63, 3.8) is 0 Å². The Hall–Kier alpha value is -2.47. The van der Waals surface area contributed by atoms with Gasteiger partial charge in [-0.15, -0.1) is 0 Å². The number of carbonyl (C=O) groups is 1. The van der Waals surface area contributed by atoms with Crippen LogP contribution in [0.1, 0.15) is 53.1 Å².